The summed E-state index contributed by atoms with van der Waals surface area (Å²) in [5, 5.41) is 1.85. The number of benzene rings is 3. The third-order valence-corrected chi connectivity index (χ3v) is 6.15. The predicted octanol–water partition coefficient (Wildman–Crippen LogP) is 6.01. The number of fused-ring (bicyclic) bond motifs is 3. The highest BCUT2D eigenvalue weighted by atomic mass is 35.5. The number of carbonyl (C=O) groups is 1. The van der Waals surface area contributed by atoms with Gasteiger partial charge in [0.1, 0.15) is 5.75 Å². The Hall–Kier alpha value is -3.24. The molecule has 5 heteroatoms. The van der Waals surface area contributed by atoms with Gasteiger partial charge in [0.15, 0.2) is 0 Å². The maximum Gasteiger partial charge on any atom is 0.254 e. The van der Waals surface area contributed by atoms with Crippen molar-refractivity contribution in [3.8, 4) is 5.75 Å². The average Bonchev–Trinajstić information content (AvgIpc) is 3.18. The molecule has 1 aliphatic rings. The topological polar surface area (TPSA) is 45.3 Å². The van der Waals surface area contributed by atoms with Crippen LogP contribution in [0.15, 0.2) is 72.8 Å². The summed E-state index contributed by atoms with van der Waals surface area (Å²) in [5.74, 6) is 0.828. The van der Waals surface area contributed by atoms with Crippen molar-refractivity contribution in [2.45, 2.75) is 19.4 Å². The van der Waals surface area contributed by atoms with Crippen molar-refractivity contribution < 1.29 is 9.53 Å². The van der Waals surface area contributed by atoms with Crippen LogP contribution in [0.5, 0.6) is 5.75 Å². The number of rotatable bonds is 4. The van der Waals surface area contributed by atoms with Gasteiger partial charge < -0.3 is 14.6 Å². The summed E-state index contributed by atoms with van der Waals surface area (Å²) in [6, 6.07) is 23.3. The maximum atomic E-state index is 13.5. The maximum absolute atomic E-state index is 13.5. The van der Waals surface area contributed by atoms with Gasteiger partial charge >= 0.3 is 0 Å². The molecule has 1 N–H and O–H groups in total. The fraction of sp³-hybridized carbons (Fsp3) is 0.192. The van der Waals surface area contributed by atoms with Crippen molar-refractivity contribution in [2.75, 3.05) is 13.2 Å². The minimum absolute atomic E-state index is 0.000132. The smallest absolute Gasteiger partial charge is 0.254 e. The summed E-state index contributed by atoms with van der Waals surface area (Å²) >= 11 is 6.04. The van der Waals surface area contributed by atoms with Crippen LogP contribution in [0.1, 0.15) is 40.1 Å². The molecule has 3 aromatic carbocycles. The number of nitrogens with zero attached hydrogens (tertiary/aromatic N) is 1. The number of ether oxygens (including phenoxy) is 1. The number of amides is 1. The number of hydrogen-bond donors (Lipinski definition) is 1. The predicted molar refractivity (Wildman–Crippen MR) is 124 cm³/mol. The quantitative estimate of drug-likeness (QED) is 0.431. The van der Waals surface area contributed by atoms with Crippen molar-refractivity contribution in [2.24, 2.45) is 0 Å². The van der Waals surface area contributed by atoms with Crippen LogP contribution in [-0.4, -0.2) is 28.9 Å². The zero-order chi connectivity index (χ0) is 21.4. The van der Waals surface area contributed by atoms with Crippen LogP contribution in [-0.2, 0) is 6.42 Å². The summed E-state index contributed by atoms with van der Waals surface area (Å²) in [6.07, 6.45) is 0.812. The second-order valence-corrected chi connectivity index (χ2v) is 8.16. The molecule has 1 unspecified atom stereocenters. The first-order chi connectivity index (χ1) is 15.2. The molecule has 0 bridgehead atoms. The number of para-hydroxylation sites is 1. The Morgan fingerprint density at radius 2 is 1.81 bits per heavy atom. The lowest BCUT2D eigenvalue weighted by Gasteiger charge is -2.36. The van der Waals surface area contributed by atoms with E-state index in [-0.39, 0.29) is 11.9 Å². The van der Waals surface area contributed by atoms with Crippen LogP contribution in [0.4, 0.5) is 0 Å². The first-order valence-electron chi connectivity index (χ1n) is 10.5. The Morgan fingerprint density at radius 1 is 1.06 bits per heavy atom. The third-order valence-electron chi connectivity index (χ3n) is 5.89. The molecule has 0 aliphatic carbocycles. The third kappa shape index (κ3) is 3.57. The van der Waals surface area contributed by atoms with E-state index in [2.05, 4.69) is 35.3 Å². The first kappa shape index (κ1) is 19.7. The zero-order valence-electron chi connectivity index (χ0n) is 17.3. The van der Waals surface area contributed by atoms with E-state index in [1.54, 1.807) is 24.3 Å². The van der Waals surface area contributed by atoms with Gasteiger partial charge in [0, 0.05) is 33.7 Å². The fourth-order valence-electron chi connectivity index (χ4n) is 4.48. The molecule has 4 nitrogen and oxygen atoms in total. The number of nitrogens with one attached hydrogen (secondary N) is 1. The average molecular weight is 431 g/mol. The number of hydrogen-bond acceptors (Lipinski definition) is 2. The lowest BCUT2D eigenvalue weighted by Crippen LogP contribution is -2.40. The van der Waals surface area contributed by atoms with Crippen LogP contribution in [0, 0.1) is 0 Å². The minimum atomic E-state index is -0.199. The molecule has 0 saturated heterocycles. The van der Waals surface area contributed by atoms with E-state index in [1.807, 2.05) is 30.0 Å². The summed E-state index contributed by atoms with van der Waals surface area (Å²) in [6.45, 7) is 3.24. The molecule has 0 saturated carbocycles. The molecule has 0 radical (unpaired) electrons. The van der Waals surface area contributed by atoms with Crippen molar-refractivity contribution >= 4 is 28.4 Å². The van der Waals surface area contributed by atoms with E-state index < -0.39 is 0 Å². The first-order valence-corrected chi connectivity index (χ1v) is 10.9. The van der Waals surface area contributed by atoms with Crippen molar-refractivity contribution in [1.82, 2.24) is 9.88 Å². The molecule has 156 valence electrons. The van der Waals surface area contributed by atoms with Gasteiger partial charge in [-0.15, -0.1) is 0 Å². The largest absolute Gasteiger partial charge is 0.494 e. The van der Waals surface area contributed by atoms with E-state index in [0.29, 0.717) is 23.7 Å². The number of halogens is 1. The Balaban J connectivity index is 1.61. The fourth-order valence-corrected chi connectivity index (χ4v) is 4.60. The molecular formula is C26H23ClN2O2. The summed E-state index contributed by atoms with van der Waals surface area (Å²) in [7, 11) is 0. The standard InChI is InChI=1S/C26H23ClN2O2/c1-2-31-20-13-9-17(10-14-20)25-24-22(21-5-3-4-6-23(21)28-24)15-16-29(25)26(30)18-7-11-19(27)12-8-18/h3-14,25,28H,2,15-16H2,1H3. The van der Waals surface area contributed by atoms with Crippen LogP contribution in [0.3, 0.4) is 0 Å². The van der Waals surface area contributed by atoms with Gasteiger partial charge in [-0.1, -0.05) is 41.9 Å². The van der Waals surface area contributed by atoms with E-state index in [4.69, 9.17) is 16.3 Å². The molecule has 0 fully saturated rings. The normalized spacial score (nSPS) is 15.7. The molecule has 0 spiro atoms. The summed E-state index contributed by atoms with van der Waals surface area (Å²) in [5.41, 5.74) is 5.16. The molecule has 1 aromatic heterocycles. The number of aromatic nitrogens is 1. The number of aromatic amines is 1. The van der Waals surface area contributed by atoms with Gasteiger partial charge in [0.25, 0.3) is 5.91 Å². The second kappa shape index (κ2) is 8.12. The molecule has 1 amide bonds. The number of H-pyrrole nitrogens is 1. The van der Waals surface area contributed by atoms with Gasteiger partial charge in [-0.05, 0) is 66.9 Å². The Labute approximate surface area is 186 Å². The highest BCUT2D eigenvalue weighted by Crippen LogP contribution is 2.39. The molecule has 1 aliphatic heterocycles. The molecular weight excluding hydrogens is 408 g/mol. The van der Waals surface area contributed by atoms with Gasteiger partial charge in [0.05, 0.1) is 12.6 Å². The monoisotopic (exact) mass is 430 g/mol. The SMILES string of the molecule is CCOc1ccc(C2c3[nH]c4ccccc4c3CCN2C(=O)c2ccc(Cl)cc2)cc1. The van der Waals surface area contributed by atoms with Crippen LogP contribution >= 0.6 is 11.6 Å². The van der Waals surface area contributed by atoms with Crippen LogP contribution < -0.4 is 4.74 Å². The molecule has 4 aromatic rings. The Bertz CT molecular complexity index is 1230. The van der Waals surface area contributed by atoms with Crippen molar-refractivity contribution in [3.63, 3.8) is 0 Å². The lowest BCUT2D eigenvalue weighted by molar-refractivity contribution is 0.0692. The lowest BCUT2D eigenvalue weighted by atomic mass is 9.91. The summed E-state index contributed by atoms with van der Waals surface area (Å²) in [4.78, 5) is 19.1. The van der Waals surface area contributed by atoms with Gasteiger partial charge in [0.2, 0.25) is 0 Å². The van der Waals surface area contributed by atoms with Gasteiger partial charge in [-0.2, -0.15) is 0 Å². The van der Waals surface area contributed by atoms with E-state index in [0.717, 1.165) is 28.9 Å². The van der Waals surface area contributed by atoms with Crippen LogP contribution in [0.25, 0.3) is 10.9 Å². The van der Waals surface area contributed by atoms with Gasteiger partial charge in [-0.3, -0.25) is 4.79 Å². The summed E-state index contributed by atoms with van der Waals surface area (Å²) < 4.78 is 5.62. The molecule has 2 heterocycles. The van der Waals surface area contributed by atoms with Gasteiger partial charge in [-0.25, -0.2) is 0 Å². The highest BCUT2D eigenvalue weighted by molar-refractivity contribution is 6.30. The van der Waals surface area contributed by atoms with Crippen molar-refractivity contribution in [1.29, 1.82) is 0 Å². The molecule has 5 rings (SSSR count). The van der Waals surface area contributed by atoms with E-state index in [9.17, 15) is 4.79 Å². The van der Waals surface area contributed by atoms with Crippen LogP contribution in [0.2, 0.25) is 5.02 Å². The molecule has 1 atom stereocenters. The number of carbonyl (C=O) groups excluding carboxylic acids is 1. The van der Waals surface area contributed by atoms with Crippen molar-refractivity contribution in [3.05, 3.63) is 100 Å². The Morgan fingerprint density at radius 3 is 2.55 bits per heavy atom. The zero-order valence-corrected chi connectivity index (χ0v) is 18.0. The minimum Gasteiger partial charge on any atom is -0.494 e. The second-order valence-electron chi connectivity index (χ2n) is 7.72. The highest BCUT2D eigenvalue weighted by Gasteiger charge is 2.34. The van der Waals surface area contributed by atoms with E-state index in [1.165, 1.54) is 10.9 Å². The molecule has 31 heavy (non-hydrogen) atoms. The Kier molecular flexibility index (Phi) is 5.16. The van der Waals surface area contributed by atoms with E-state index >= 15 is 0 Å².